The molecule has 1 aliphatic heterocycles. The molecule has 1 aromatic heterocycles. The molecule has 0 bridgehead atoms. The van der Waals surface area contributed by atoms with Crippen molar-refractivity contribution in [3.8, 4) is 22.6 Å². The third kappa shape index (κ3) is 3.44. The summed E-state index contributed by atoms with van der Waals surface area (Å²) in [7, 11) is -0.476. The van der Waals surface area contributed by atoms with Crippen LogP contribution in [-0.4, -0.2) is 28.3 Å². The van der Waals surface area contributed by atoms with Gasteiger partial charge in [-0.1, -0.05) is 72.8 Å². The van der Waals surface area contributed by atoms with Gasteiger partial charge in [0.1, 0.15) is 0 Å². The summed E-state index contributed by atoms with van der Waals surface area (Å²) < 4.78 is 12.7. The summed E-state index contributed by atoms with van der Waals surface area (Å²) in [5.74, 6) is 0.669. The summed E-state index contributed by atoms with van der Waals surface area (Å²) in [4.78, 5) is 9.94. The number of fused-ring (bicyclic) bond motifs is 1. The van der Waals surface area contributed by atoms with Crippen molar-refractivity contribution in [1.82, 2.24) is 9.97 Å². The molecule has 5 rings (SSSR count). The van der Waals surface area contributed by atoms with E-state index in [2.05, 4.69) is 45.9 Å². The lowest BCUT2D eigenvalue weighted by Gasteiger charge is -2.32. The Morgan fingerprint density at radius 2 is 1.29 bits per heavy atom. The maximum Gasteiger partial charge on any atom is 0.495 e. The van der Waals surface area contributed by atoms with Crippen LogP contribution in [0.15, 0.2) is 78.9 Å². The summed E-state index contributed by atoms with van der Waals surface area (Å²) in [5.41, 5.74) is 3.93. The van der Waals surface area contributed by atoms with Gasteiger partial charge < -0.3 is 9.31 Å². The Hall–Kier alpha value is -3.02. The van der Waals surface area contributed by atoms with Crippen LogP contribution < -0.4 is 5.46 Å². The molecule has 1 aliphatic rings. The van der Waals surface area contributed by atoms with Crippen molar-refractivity contribution in [2.75, 3.05) is 0 Å². The van der Waals surface area contributed by atoms with Crippen molar-refractivity contribution in [3.05, 3.63) is 78.9 Å². The number of hydrogen-bond donors (Lipinski definition) is 0. The first-order valence-corrected chi connectivity index (χ1v) is 10.6. The molecule has 0 atom stereocenters. The molecule has 5 heteroatoms. The van der Waals surface area contributed by atoms with E-state index < -0.39 is 18.3 Å². The van der Waals surface area contributed by atoms with Crippen molar-refractivity contribution in [2.24, 2.45) is 0 Å². The number of hydrogen-bond acceptors (Lipinski definition) is 4. The predicted octanol–water partition coefficient (Wildman–Crippen LogP) is 5.26. The van der Waals surface area contributed by atoms with Gasteiger partial charge in [-0.25, -0.2) is 9.97 Å². The van der Waals surface area contributed by atoms with Crippen LogP contribution in [0.3, 0.4) is 0 Å². The zero-order chi connectivity index (χ0) is 21.6. The molecular formula is C26H25BN2O2. The van der Waals surface area contributed by atoms with Gasteiger partial charge in [0.15, 0.2) is 5.82 Å². The van der Waals surface area contributed by atoms with E-state index >= 15 is 0 Å². The van der Waals surface area contributed by atoms with Gasteiger partial charge >= 0.3 is 7.12 Å². The highest BCUT2D eigenvalue weighted by Gasteiger charge is 2.52. The van der Waals surface area contributed by atoms with Gasteiger partial charge in [0.05, 0.1) is 22.4 Å². The van der Waals surface area contributed by atoms with Crippen molar-refractivity contribution in [3.63, 3.8) is 0 Å². The van der Waals surface area contributed by atoms with Crippen LogP contribution in [0.2, 0.25) is 0 Å². The molecule has 0 radical (unpaired) electrons. The van der Waals surface area contributed by atoms with E-state index in [1.54, 1.807) is 0 Å². The molecule has 2 heterocycles. The number of nitrogens with zero attached hydrogens (tertiary/aromatic N) is 2. The summed E-state index contributed by atoms with van der Waals surface area (Å²) in [5, 5.41) is 1.03. The van der Waals surface area contributed by atoms with E-state index in [0.29, 0.717) is 5.82 Å². The standard InChI is InChI=1S/C26H25BN2O2/c1-25(2)26(3,4)31-27(30-25)21-16-10-8-14-19(21)24-28-22-17-11-9-15-20(22)23(29-24)18-12-6-5-7-13-18/h5-17H,1-4H3. The molecule has 154 valence electrons. The lowest BCUT2D eigenvalue weighted by Crippen LogP contribution is -2.41. The normalized spacial score (nSPS) is 17.2. The average molecular weight is 408 g/mol. The Bertz CT molecular complexity index is 1240. The first-order chi connectivity index (χ1) is 14.9. The fraction of sp³-hybridized carbons (Fsp3) is 0.231. The molecule has 0 aliphatic carbocycles. The third-order valence-electron chi connectivity index (χ3n) is 6.36. The second-order valence-electron chi connectivity index (χ2n) is 8.95. The average Bonchev–Trinajstić information content (AvgIpc) is 3.00. The highest BCUT2D eigenvalue weighted by atomic mass is 16.7. The maximum absolute atomic E-state index is 6.34. The van der Waals surface area contributed by atoms with Crippen LogP contribution in [0.4, 0.5) is 0 Å². The highest BCUT2D eigenvalue weighted by Crippen LogP contribution is 2.37. The van der Waals surface area contributed by atoms with E-state index in [4.69, 9.17) is 19.3 Å². The number of benzene rings is 3. The van der Waals surface area contributed by atoms with Crippen LogP contribution in [-0.2, 0) is 9.31 Å². The fourth-order valence-corrected chi connectivity index (χ4v) is 3.89. The monoisotopic (exact) mass is 408 g/mol. The Morgan fingerprint density at radius 1 is 0.677 bits per heavy atom. The van der Waals surface area contributed by atoms with Crippen LogP contribution in [0, 0.1) is 0 Å². The largest absolute Gasteiger partial charge is 0.495 e. The minimum Gasteiger partial charge on any atom is -0.399 e. The first kappa shape index (κ1) is 19.9. The fourth-order valence-electron chi connectivity index (χ4n) is 3.89. The van der Waals surface area contributed by atoms with E-state index in [0.717, 1.165) is 33.2 Å². The van der Waals surface area contributed by atoms with E-state index in [9.17, 15) is 0 Å². The van der Waals surface area contributed by atoms with E-state index in [1.807, 2.05) is 60.7 Å². The number of aromatic nitrogens is 2. The minimum absolute atomic E-state index is 0.412. The van der Waals surface area contributed by atoms with Gasteiger partial charge in [-0.3, -0.25) is 0 Å². The SMILES string of the molecule is CC1(C)OB(c2ccccc2-c2nc(-c3ccccc3)c3ccccc3n2)OC1(C)C. The van der Waals surface area contributed by atoms with Gasteiger partial charge in [0, 0.05) is 16.5 Å². The van der Waals surface area contributed by atoms with Crippen LogP contribution in [0.1, 0.15) is 27.7 Å². The number of para-hydroxylation sites is 1. The Kier molecular flexibility index (Phi) is 4.69. The molecule has 1 fully saturated rings. The first-order valence-electron chi connectivity index (χ1n) is 10.6. The highest BCUT2D eigenvalue weighted by molar-refractivity contribution is 6.63. The van der Waals surface area contributed by atoms with Crippen LogP contribution in [0.5, 0.6) is 0 Å². The van der Waals surface area contributed by atoms with Crippen LogP contribution in [0.25, 0.3) is 33.5 Å². The molecule has 0 spiro atoms. The molecule has 0 unspecified atom stereocenters. The van der Waals surface area contributed by atoms with Gasteiger partial charge in [0.2, 0.25) is 0 Å². The Balaban J connectivity index is 1.68. The molecule has 0 amide bonds. The molecule has 0 N–H and O–H groups in total. The van der Waals surface area contributed by atoms with Gasteiger partial charge in [-0.15, -0.1) is 0 Å². The molecule has 1 saturated heterocycles. The van der Waals surface area contributed by atoms with Crippen molar-refractivity contribution < 1.29 is 9.31 Å². The maximum atomic E-state index is 6.34. The topological polar surface area (TPSA) is 44.2 Å². The summed E-state index contributed by atoms with van der Waals surface area (Å²) in [6.07, 6.45) is 0. The van der Waals surface area contributed by atoms with Crippen molar-refractivity contribution >= 4 is 23.5 Å². The number of rotatable bonds is 3. The summed E-state index contributed by atoms with van der Waals surface area (Å²) in [6, 6.07) is 26.5. The van der Waals surface area contributed by atoms with E-state index in [1.165, 1.54) is 0 Å². The lowest BCUT2D eigenvalue weighted by atomic mass is 9.75. The minimum atomic E-state index is -0.476. The Labute approximate surface area is 183 Å². The lowest BCUT2D eigenvalue weighted by molar-refractivity contribution is 0.00578. The van der Waals surface area contributed by atoms with Crippen molar-refractivity contribution in [2.45, 2.75) is 38.9 Å². The predicted molar refractivity (Wildman–Crippen MR) is 126 cm³/mol. The smallest absolute Gasteiger partial charge is 0.399 e. The Morgan fingerprint density at radius 3 is 2.03 bits per heavy atom. The second kappa shape index (κ2) is 7.29. The summed E-state index contributed by atoms with van der Waals surface area (Å²) in [6.45, 7) is 8.26. The van der Waals surface area contributed by atoms with Crippen LogP contribution >= 0.6 is 0 Å². The third-order valence-corrected chi connectivity index (χ3v) is 6.36. The van der Waals surface area contributed by atoms with Gasteiger partial charge in [-0.05, 0) is 39.2 Å². The summed E-state index contributed by atoms with van der Waals surface area (Å²) >= 11 is 0. The zero-order valence-electron chi connectivity index (χ0n) is 18.3. The molecule has 0 saturated carbocycles. The molecule has 4 nitrogen and oxygen atoms in total. The molecular weight excluding hydrogens is 383 g/mol. The zero-order valence-corrected chi connectivity index (χ0v) is 18.3. The second-order valence-corrected chi connectivity index (χ2v) is 8.95. The van der Waals surface area contributed by atoms with Crippen molar-refractivity contribution in [1.29, 1.82) is 0 Å². The quantitative estimate of drug-likeness (QED) is 0.434. The molecule has 4 aromatic rings. The van der Waals surface area contributed by atoms with Gasteiger partial charge in [0.25, 0.3) is 0 Å². The van der Waals surface area contributed by atoms with E-state index in [-0.39, 0.29) is 0 Å². The molecule has 31 heavy (non-hydrogen) atoms. The van der Waals surface area contributed by atoms with Gasteiger partial charge in [-0.2, -0.15) is 0 Å². The molecule has 3 aromatic carbocycles.